The fraction of sp³-hybridized carbons (Fsp3) is 0.417. The van der Waals surface area contributed by atoms with Crippen molar-refractivity contribution >= 4 is 5.91 Å². The summed E-state index contributed by atoms with van der Waals surface area (Å²) in [6.07, 6.45) is 0. The molecule has 4 heteroatoms. The number of nitrogens with one attached hydrogen (secondary N) is 1. The Kier molecular flexibility index (Phi) is 3.90. The number of carbonyl (C=O) groups is 1. The van der Waals surface area contributed by atoms with E-state index in [0.717, 1.165) is 16.7 Å². The van der Waals surface area contributed by atoms with Crippen molar-refractivity contribution in [1.29, 1.82) is 0 Å². The summed E-state index contributed by atoms with van der Waals surface area (Å²) in [5.41, 5.74) is 7.62. The van der Waals surface area contributed by atoms with Crippen LogP contribution in [0.2, 0.25) is 0 Å². The minimum atomic E-state index is -0.497. The molecule has 1 atom stereocenters. The Balaban J connectivity index is 3.15. The van der Waals surface area contributed by atoms with Gasteiger partial charge in [0.2, 0.25) is 5.91 Å². The smallest absolute Gasteiger partial charge is 0.239 e. The molecule has 4 N–H and O–H groups in total. The predicted molar refractivity (Wildman–Crippen MR) is 63.2 cm³/mol. The van der Waals surface area contributed by atoms with Crippen molar-refractivity contribution in [3.05, 3.63) is 28.8 Å². The highest BCUT2D eigenvalue weighted by Crippen LogP contribution is 2.26. The zero-order valence-electron chi connectivity index (χ0n) is 9.87. The molecule has 0 radical (unpaired) electrons. The number of carbonyl (C=O) groups excluding carboxylic acids is 1. The van der Waals surface area contributed by atoms with Crippen molar-refractivity contribution in [3.63, 3.8) is 0 Å². The van der Waals surface area contributed by atoms with E-state index < -0.39 is 11.9 Å². The van der Waals surface area contributed by atoms with Crippen molar-refractivity contribution in [2.24, 2.45) is 5.73 Å². The molecule has 0 bridgehead atoms. The third kappa shape index (κ3) is 2.52. The monoisotopic (exact) mass is 222 g/mol. The van der Waals surface area contributed by atoms with E-state index in [1.165, 1.54) is 0 Å². The summed E-state index contributed by atoms with van der Waals surface area (Å²) >= 11 is 0. The van der Waals surface area contributed by atoms with Crippen LogP contribution in [0.3, 0.4) is 0 Å². The van der Waals surface area contributed by atoms with Crippen LogP contribution in [0, 0.1) is 13.8 Å². The van der Waals surface area contributed by atoms with Gasteiger partial charge in [-0.15, -0.1) is 0 Å². The second-order valence-corrected chi connectivity index (χ2v) is 3.90. The van der Waals surface area contributed by atoms with E-state index in [1.807, 2.05) is 6.92 Å². The van der Waals surface area contributed by atoms with E-state index in [4.69, 9.17) is 5.73 Å². The molecule has 0 aliphatic carbocycles. The van der Waals surface area contributed by atoms with E-state index in [1.54, 1.807) is 26.0 Å². The number of hydrogen-bond acceptors (Lipinski definition) is 3. The first-order valence-corrected chi connectivity index (χ1v) is 5.30. The minimum absolute atomic E-state index is 0.267. The van der Waals surface area contributed by atoms with E-state index in [9.17, 15) is 9.90 Å². The molecule has 0 aliphatic rings. The second kappa shape index (κ2) is 4.99. The summed E-state index contributed by atoms with van der Waals surface area (Å²) in [6, 6.07) is 3.06. The van der Waals surface area contributed by atoms with Crippen LogP contribution in [0.4, 0.5) is 0 Å². The number of phenolic OH excluding ortho intramolecular Hbond substituents is 1. The molecule has 0 fully saturated rings. The van der Waals surface area contributed by atoms with Crippen LogP contribution in [0.5, 0.6) is 5.75 Å². The summed E-state index contributed by atoms with van der Waals surface area (Å²) in [4.78, 5) is 11.3. The summed E-state index contributed by atoms with van der Waals surface area (Å²) in [5, 5.41) is 12.7. The molecule has 1 aromatic rings. The predicted octanol–water partition coefficient (Wildman–Crippen LogP) is 1.14. The summed E-state index contributed by atoms with van der Waals surface area (Å²) in [6.45, 7) is 6.17. The molecule has 0 heterocycles. The Morgan fingerprint density at radius 2 is 1.94 bits per heavy atom. The maximum Gasteiger partial charge on any atom is 0.239 e. The molecule has 16 heavy (non-hydrogen) atoms. The van der Waals surface area contributed by atoms with E-state index in [2.05, 4.69) is 5.32 Å². The SMILES string of the molecule is CCNC(C(N)=O)c1cc(C)c(O)c(C)c1. The minimum Gasteiger partial charge on any atom is -0.507 e. The second-order valence-electron chi connectivity index (χ2n) is 3.90. The Bertz CT molecular complexity index is 379. The third-order valence-corrected chi connectivity index (χ3v) is 2.54. The van der Waals surface area contributed by atoms with Gasteiger partial charge >= 0.3 is 0 Å². The van der Waals surface area contributed by atoms with Gasteiger partial charge in [0.15, 0.2) is 0 Å². The summed E-state index contributed by atoms with van der Waals surface area (Å²) in [7, 11) is 0. The van der Waals surface area contributed by atoms with Crippen LogP contribution in [0.15, 0.2) is 12.1 Å². The number of nitrogens with two attached hydrogens (primary N) is 1. The van der Waals surface area contributed by atoms with Crippen molar-refractivity contribution in [2.75, 3.05) is 6.54 Å². The Morgan fingerprint density at radius 1 is 1.44 bits per heavy atom. The molecule has 1 aromatic carbocycles. The molecule has 4 nitrogen and oxygen atoms in total. The van der Waals surface area contributed by atoms with Gasteiger partial charge in [-0.05, 0) is 37.1 Å². The fourth-order valence-electron chi connectivity index (χ4n) is 1.74. The van der Waals surface area contributed by atoms with Gasteiger partial charge in [-0.1, -0.05) is 19.1 Å². The number of phenols is 1. The number of rotatable bonds is 4. The molecule has 0 aliphatic heterocycles. The Morgan fingerprint density at radius 3 is 2.31 bits per heavy atom. The molecule has 1 amide bonds. The van der Waals surface area contributed by atoms with Gasteiger partial charge in [0.25, 0.3) is 0 Å². The highest BCUT2D eigenvalue weighted by atomic mass is 16.3. The molecule has 0 aromatic heterocycles. The maximum absolute atomic E-state index is 11.3. The average Bonchev–Trinajstić information content (AvgIpc) is 2.21. The highest BCUT2D eigenvalue weighted by Gasteiger charge is 2.17. The number of aromatic hydroxyl groups is 1. The molecule has 0 saturated heterocycles. The van der Waals surface area contributed by atoms with Crippen molar-refractivity contribution in [1.82, 2.24) is 5.32 Å². The number of primary amides is 1. The average molecular weight is 222 g/mol. The lowest BCUT2D eigenvalue weighted by Gasteiger charge is -2.16. The third-order valence-electron chi connectivity index (χ3n) is 2.54. The first kappa shape index (κ1) is 12.5. The fourth-order valence-corrected chi connectivity index (χ4v) is 1.74. The standard InChI is InChI=1S/C12H18N2O2/c1-4-14-10(12(13)16)9-5-7(2)11(15)8(3)6-9/h5-6,10,14-15H,4H2,1-3H3,(H2,13,16). The summed E-state index contributed by atoms with van der Waals surface area (Å²) in [5.74, 6) is -0.144. The van der Waals surface area contributed by atoms with E-state index in [0.29, 0.717) is 6.54 Å². The van der Waals surface area contributed by atoms with Crippen LogP contribution < -0.4 is 11.1 Å². The van der Waals surface area contributed by atoms with Crippen LogP contribution in [0.25, 0.3) is 0 Å². The van der Waals surface area contributed by atoms with Gasteiger partial charge < -0.3 is 16.2 Å². The molecule has 0 saturated carbocycles. The van der Waals surface area contributed by atoms with Gasteiger partial charge in [-0.2, -0.15) is 0 Å². The zero-order chi connectivity index (χ0) is 12.3. The number of aryl methyl sites for hydroxylation is 2. The van der Waals surface area contributed by atoms with Crippen molar-refractivity contribution in [2.45, 2.75) is 26.8 Å². The van der Waals surface area contributed by atoms with Gasteiger partial charge in [0.05, 0.1) is 0 Å². The number of amides is 1. The van der Waals surface area contributed by atoms with Gasteiger partial charge in [0, 0.05) is 0 Å². The highest BCUT2D eigenvalue weighted by molar-refractivity contribution is 5.81. The summed E-state index contributed by atoms with van der Waals surface area (Å²) < 4.78 is 0. The molecular weight excluding hydrogens is 204 g/mol. The Hall–Kier alpha value is -1.55. The molecule has 88 valence electrons. The quantitative estimate of drug-likeness (QED) is 0.715. The normalized spacial score (nSPS) is 12.4. The first-order chi connectivity index (χ1) is 7.47. The first-order valence-electron chi connectivity index (χ1n) is 5.30. The lowest BCUT2D eigenvalue weighted by atomic mass is 10.00. The molecular formula is C12H18N2O2. The maximum atomic E-state index is 11.3. The largest absolute Gasteiger partial charge is 0.507 e. The van der Waals surface area contributed by atoms with Gasteiger partial charge in [0.1, 0.15) is 11.8 Å². The number of hydrogen-bond donors (Lipinski definition) is 3. The van der Waals surface area contributed by atoms with Crippen LogP contribution >= 0.6 is 0 Å². The van der Waals surface area contributed by atoms with Crippen LogP contribution in [-0.4, -0.2) is 17.6 Å². The molecule has 0 spiro atoms. The molecule has 1 rings (SSSR count). The lowest BCUT2D eigenvalue weighted by molar-refractivity contribution is -0.120. The van der Waals surface area contributed by atoms with Crippen molar-refractivity contribution < 1.29 is 9.90 Å². The number of likely N-dealkylation sites (N-methyl/N-ethyl adjacent to an activating group) is 1. The van der Waals surface area contributed by atoms with E-state index >= 15 is 0 Å². The topological polar surface area (TPSA) is 75.3 Å². The van der Waals surface area contributed by atoms with E-state index in [-0.39, 0.29) is 5.75 Å². The van der Waals surface area contributed by atoms with Gasteiger partial charge in [-0.3, -0.25) is 4.79 Å². The number of benzene rings is 1. The van der Waals surface area contributed by atoms with Crippen molar-refractivity contribution in [3.8, 4) is 5.75 Å². The van der Waals surface area contributed by atoms with Crippen LogP contribution in [0.1, 0.15) is 29.7 Å². The van der Waals surface area contributed by atoms with Crippen LogP contribution in [-0.2, 0) is 4.79 Å². The molecule has 1 unspecified atom stereocenters. The van der Waals surface area contributed by atoms with Gasteiger partial charge in [-0.25, -0.2) is 0 Å². The zero-order valence-corrected chi connectivity index (χ0v) is 9.87. The lowest BCUT2D eigenvalue weighted by Crippen LogP contribution is -2.33. The Labute approximate surface area is 95.5 Å².